The minimum atomic E-state index is 0.799. The third kappa shape index (κ3) is 3.46. The Morgan fingerprint density at radius 1 is 1.00 bits per heavy atom. The van der Waals surface area contributed by atoms with Crippen LogP contribution in [0.3, 0.4) is 0 Å². The fraction of sp³-hybridized carbons (Fsp3) is 1.00. The number of nitrogens with one attached hydrogen (secondary N) is 1. The van der Waals surface area contributed by atoms with Gasteiger partial charge in [-0.05, 0) is 51.2 Å². The first kappa shape index (κ1) is 12.4. The molecule has 1 saturated heterocycles. The third-order valence-corrected chi connectivity index (χ3v) is 4.32. The van der Waals surface area contributed by atoms with Crippen molar-refractivity contribution in [2.45, 2.75) is 57.9 Å². The van der Waals surface area contributed by atoms with Crippen molar-refractivity contribution in [3.63, 3.8) is 0 Å². The van der Waals surface area contributed by atoms with Gasteiger partial charge < -0.3 is 10.2 Å². The van der Waals surface area contributed by atoms with Crippen LogP contribution in [0.15, 0.2) is 0 Å². The zero-order valence-electron chi connectivity index (χ0n) is 10.9. The van der Waals surface area contributed by atoms with Crippen molar-refractivity contribution in [3.05, 3.63) is 0 Å². The summed E-state index contributed by atoms with van der Waals surface area (Å²) in [4.78, 5) is 2.69. The van der Waals surface area contributed by atoms with Crippen molar-refractivity contribution in [2.24, 2.45) is 5.92 Å². The molecule has 1 heterocycles. The van der Waals surface area contributed by atoms with Crippen LogP contribution in [0.5, 0.6) is 0 Å². The number of likely N-dealkylation sites (tertiary alicyclic amines) is 1. The lowest BCUT2D eigenvalue weighted by atomic mass is 9.94. The van der Waals surface area contributed by atoms with Crippen LogP contribution in [0.2, 0.25) is 0 Å². The zero-order valence-corrected chi connectivity index (χ0v) is 10.9. The van der Waals surface area contributed by atoms with E-state index in [1.165, 1.54) is 64.6 Å². The van der Waals surface area contributed by atoms with E-state index in [1.807, 2.05) is 0 Å². The average Bonchev–Trinajstić information content (AvgIpc) is 2.69. The van der Waals surface area contributed by atoms with Crippen LogP contribution in [-0.2, 0) is 0 Å². The summed E-state index contributed by atoms with van der Waals surface area (Å²) >= 11 is 0. The van der Waals surface area contributed by atoms with Crippen molar-refractivity contribution in [1.29, 1.82) is 0 Å². The molecule has 1 aliphatic carbocycles. The summed E-state index contributed by atoms with van der Waals surface area (Å²) in [5.74, 6) is 0.917. The molecule has 1 saturated carbocycles. The van der Waals surface area contributed by atoms with Crippen molar-refractivity contribution in [3.8, 4) is 0 Å². The highest BCUT2D eigenvalue weighted by Crippen LogP contribution is 2.25. The summed E-state index contributed by atoms with van der Waals surface area (Å²) in [6, 6.07) is 0.799. The third-order valence-electron chi connectivity index (χ3n) is 4.32. The molecule has 2 fully saturated rings. The topological polar surface area (TPSA) is 15.3 Å². The van der Waals surface area contributed by atoms with E-state index in [0.717, 1.165) is 18.5 Å². The predicted octanol–water partition coefficient (Wildman–Crippen LogP) is 2.64. The second kappa shape index (κ2) is 6.61. The molecule has 0 aromatic rings. The van der Waals surface area contributed by atoms with Gasteiger partial charge in [0.1, 0.15) is 0 Å². The van der Waals surface area contributed by atoms with E-state index in [-0.39, 0.29) is 0 Å². The van der Waals surface area contributed by atoms with E-state index in [2.05, 4.69) is 17.1 Å². The first-order chi connectivity index (χ1) is 7.90. The predicted molar refractivity (Wildman–Crippen MR) is 69.7 cm³/mol. The summed E-state index contributed by atoms with van der Waals surface area (Å²) < 4.78 is 0. The Kier molecular flexibility index (Phi) is 5.11. The number of hydrogen-bond donors (Lipinski definition) is 1. The maximum Gasteiger partial charge on any atom is 0.0107 e. The minimum Gasteiger partial charge on any atom is -0.314 e. The van der Waals surface area contributed by atoms with Crippen LogP contribution >= 0.6 is 0 Å². The summed E-state index contributed by atoms with van der Waals surface area (Å²) in [5.41, 5.74) is 0. The molecule has 2 rings (SSSR count). The highest BCUT2D eigenvalue weighted by atomic mass is 15.1. The average molecular weight is 224 g/mol. The van der Waals surface area contributed by atoms with Crippen LogP contribution in [0, 0.1) is 5.92 Å². The first-order valence-electron chi connectivity index (χ1n) is 7.36. The van der Waals surface area contributed by atoms with Crippen molar-refractivity contribution < 1.29 is 0 Å². The lowest BCUT2D eigenvalue weighted by Gasteiger charge is -2.29. The molecule has 2 unspecified atom stereocenters. The largest absolute Gasteiger partial charge is 0.314 e. The second-order valence-corrected chi connectivity index (χ2v) is 5.57. The molecule has 0 radical (unpaired) electrons. The van der Waals surface area contributed by atoms with Gasteiger partial charge in [-0.2, -0.15) is 0 Å². The van der Waals surface area contributed by atoms with Crippen LogP contribution < -0.4 is 5.32 Å². The van der Waals surface area contributed by atoms with Gasteiger partial charge in [0.15, 0.2) is 0 Å². The molecular formula is C14H28N2. The molecule has 2 aliphatic rings. The molecule has 16 heavy (non-hydrogen) atoms. The van der Waals surface area contributed by atoms with Crippen LogP contribution in [-0.4, -0.2) is 37.1 Å². The van der Waals surface area contributed by atoms with Crippen molar-refractivity contribution in [1.82, 2.24) is 10.2 Å². The molecule has 2 heteroatoms. The van der Waals surface area contributed by atoms with Gasteiger partial charge in [0, 0.05) is 12.6 Å². The molecule has 1 N–H and O–H groups in total. The molecule has 0 aromatic heterocycles. The monoisotopic (exact) mass is 224 g/mol. The molecule has 0 spiro atoms. The van der Waals surface area contributed by atoms with E-state index in [1.54, 1.807) is 0 Å². The van der Waals surface area contributed by atoms with Gasteiger partial charge >= 0.3 is 0 Å². The molecule has 1 aliphatic heterocycles. The smallest absolute Gasteiger partial charge is 0.0107 e. The lowest BCUT2D eigenvalue weighted by molar-refractivity contribution is 0.225. The molecule has 0 amide bonds. The van der Waals surface area contributed by atoms with Gasteiger partial charge in [-0.25, -0.2) is 0 Å². The van der Waals surface area contributed by atoms with E-state index in [4.69, 9.17) is 0 Å². The first-order valence-corrected chi connectivity index (χ1v) is 7.36. The number of hydrogen-bond acceptors (Lipinski definition) is 2. The Balaban J connectivity index is 1.85. The Morgan fingerprint density at radius 2 is 1.75 bits per heavy atom. The zero-order chi connectivity index (χ0) is 11.2. The minimum absolute atomic E-state index is 0.799. The molecular weight excluding hydrogens is 196 g/mol. The Morgan fingerprint density at radius 3 is 2.50 bits per heavy atom. The van der Waals surface area contributed by atoms with Crippen LogP contribution in [0.25, 0.3) is 0 Å². The Bertz CT molecular complexity index is 187. The molecule has 2 nitrogen and oxygen atoms in total. The van der Waals surface area contributed by atoms with E-state index >= 15 is 0 Å². The van der Waals surface area contributed by atoms with E-state index in [9.17, 15) is 0 Å². The van der Waals surface area contributed by atoms with Crippen molar-refractivity contribution in [2.75, 3.05) is 26.2 Å². The van der Waals surface area contributed by atoms with Gasteiger partial charge in [-0.15, -0.1) is 0 Å². The van der Waals surface area contributed by atoms with Gasteiger partial charge in [0.2, 0.25) is 0 Å². The van der Waals surface area contributed by atoms with Gasteiger partial charge in [-0.3, -0.25) is 0 Å². The summed E-state index contributed by atoms with van der Waals surface area (Å²) in [7, 11) is 0. The molecule has 94 valence electrons. The summed E-state index contributed by atoms with van der Waals surface area (Å²) in [5, 5.41) is 3.72. The maximum atomic E-state index is 3.72. The Hall–Kier alpha value is -0.0800. The normalized spacial score (nSPS) is 32.8. The standard InChI is InChI=1S/C14H28N2/c1-2-15-14-9-5-3-4-8-13(14)12-16-10-6-7-11-16/h13-15H,2-12H2,1H3. The molecule has 0 aromatic carbocycles. The summed E-state index contributed by atoms with van der Waals surface area (Å²) in [6.45, 7) is 7.46. The van der Waals surface area contributed by atoms with E-state index < -0.39 is 0 Å². The fourth-order valence-electron chi connectivity index (χ4n) is 3.43. The summed E-state index contributed by atoms with van der Waals surface area (Å²) in [6.07, 6.45) is 10.1. The van der Waals surface area contributed by atoms with Crippen molar-refractivity contribution >= 4 is 0 Å². The van der Waals surface area contributed by atoms with Crippen LogP contribution in [0.1, 0.15) is 51.9 Å². The maximum absolute atomic E-state index is 3.72. The highest BCUT2D eigenvalue weighted by Gasteiger charge is 2.25. The highest BCUT2D eigenvalue weighted by molar-refractivity contribution is 4.82. The SMILES string of the molecule is CCNC1CCCCCC1CN1CCCC1. The second-order valence-electron chi connectivity index (χ2n) is 5.57. The van der Waals surface area contributed by atoms with Gasteiger partial charge in [0.05, 0.1) is 0 Å². The number of rotatable bonds is 4. The lowest BCUT2D eigenvalue weighted by Crippen LogP contribution is -2.41. The molecule has 2 atom stereocenters. The quantitative estimate of drug-likeness (QED) is 0.739. The van der Waals surface area contributed by atoms with Crippen LogP contribution in [0.4, 0.5) is 0 Å². The van der Waals surface area contributed by atoms with Gasteiger partial charge in [-0.1, -0.05) is 26.2 Å². The fourth-order valence-corrected chi connectivity index (χ4v) is 3.43. The number of nitrogens with zero attached hydrogens (tertiary/aromatic N) is 1. The molecule has 0 bridgehead atoms. The Labute approximate surface area is 101 Å². The van der Waals surface area contributed by atoms with E-state index in [0.29, 0.717) is 0 Å². The van der Waals surface area contributed by atoms with Gasteiger partial charge in [0.25, 0.3) is 0 Å².